The lowest BCUT2D eigenvalue weighted by Crippen LogP contribution is -2.44. The third-order valence-electron chi connectivity index (χ3n) is 11.0. The summed E-state index contributed by atoms with van der Waals surface area (Å²) in [5, 5.41) is 21.2. The fourth-order valence-electron chi connectivity index (χ4n) is 8.26. The number of aromatic hydroxyl groups is 1. The number of aryl methyl sites for hydroxylation is 3. The molecule has 3 saturated heterocycles. The van der Waals surface area contributed by atoms with Gasteiger partial charge in [-0.25, -0.2) is 14.5 Å². The highest BCUT2D eigenvalue weighted by molar-refractivity contribution is 6.06. The van der Waals surface area contributed by atoms with Crippen molar-refractivity contribution in [1.29, 1.82) is 0 Å². The first kappa shape index (κ1) is 35.0. The van der Waals surface area contributed by atoms with Crippen molar-refractivity contribution in [3.63, 3.8) is 0 Å². The molecule has 2 aromatic carbocycles. The number of hydrogen-bond acceptors (Lipinski definition) is 10. The van der Waals surface area contributed by atoms with Crippen molar-refractivity contribution in [2.75, 3.05) is 18.0 Å². The van der Waals surface area contributed by atoms with Gasteiger partial charge in [0.2, 0.25) is 11.8 Å². The van der Waals surface area contributed by atoms with Crippen molar-refractivity contribution in [3.8, 4) is 5.75 Å². The lowest BCUT2D eigenvalue weighted by Gasteiger charge is -2.34. The van der Waals surface area contributed by atoms with Gasteiger partial charge in [-0.3, -0.25) is 28.8 Å². The molecule has 3 fully saturated rings. The fraction of sp³-hybridized carbons (Fsp3) is 0.375. The van der Waals surface area contributed by atoms with Crippen molar-refractivity contribution in [3.05, 3.63) is 112 Å². The van der Waals surface area contributed by atoms with E-state index in [0.29, 0.717) is 30.6 Å². The summed E-state index contributed by atoms with van der Waals surface area (Å²) in [6.07, 6.45) is 11.4. The maximum Gasteiger partial charge on any atom is 0.329 e. The van der Waals surface area contributed by atoms with Gasteiger partial charge in [0, 0.05) is 57.1 Å². The zero-order valence-corrected chi connectivity index (χ0v) is 30.2. The maximum absolute atomic E-state index is 13.2. The van der Waals surface area contributed by atoms with Crippen LogP contribution >= 0.6 is 0 Å². The number of anilines is 1. The van der Waals surface area contributed by atoms with Gasteiger partial charge in [-0.15, -0.1) is 5.10 Å². The number of carbonyl (C=O) groups excluding carboxylic acids is 3. The molecule has 5 aromatic rings. The Labute approximate surface area is 311 Å². The van der Waals surface area contributed by atoms with Crippen molar-refractivity contribution in [2.24, 2.45) is 7.05 Å². The number of hydrogen-bond donors (Lipinski definition) is 2. The molecular weight excluding hydrogens is 686 g/mol. The number of para-hydroxylation sites is 2. The van der Waals surface area contributed by atoms with Crippen LogP contribution in [0.4, 0.5) is 5.82 Å². The van der Waals surface area contributed by atoms with Crippen LogP contribution in [0.15, 0.2) is 83.9 Å². The number of likely N-dealkylation sites (tertiary alicyclic amines) is 1. The highest BCUT2D eigenvalue weighted by Gasteiger charge is 2.42. The Morgan fingerprint density at radius 2 is 1.78 bits per heavy atom. The molecule has 14 heteroatoms. The molecule has 0 spiro atoms. The van der Waals surface area contributed by atoms with Gasteiger partial charge in [-0.05, 0) is 74.4 Å². The number of imidazole rings is 1. The topological polar surface area (TPSA) is 160 Å². The average molecular weight is 730 g/mol. The van der Waals surface area contributed by atoms with Gasteiger partial charge >= 0.3 is 5.69 Å². The summed E-state index contributed by atoms with van der Waals surface area (Å²) in [5.74, 6) is -0.00556. The highest BCUT2D eigenvalue weighted by atomic mass is 16.3. The summed E-state index contributed by atoms with van der Waals surface area (Å²) in [5.41, 5.74) is 4.51. The minimum Gasteiger partial charge on any atom is -0.507 e. The van der Waals surface area contributed by atoms with Crippen LogP contribution in [0.25, 0.3) is 11.0 Å². The number of unbranched alkanes of at least 4 members (excludes halogenated alkanes) is 2. The molecule has 6 heterocycles. The number of benzene rings is 2. The van der Waals surface area contributed by atoms with E-state index in [2.05, 4.69) is 25.4 Å². The van der Waals surface area contributed by atoms with E-state index in [1.54, 1.807) is 35.9 Å². The molecular formula is C40H43N9O5. The predicted molar refractivity (Wildman–Crippen MR) is 201 cm³/mol. The van der Waals surface area contributed by atoms with E-state index in [1.165, 1.54) is 10.6 Å². The Balaban J connectivity index is 0.818. The van der Waals surface area contributed by atoms with E-state index < -0.39 is 11.9 Å². The Morgan fingerprint density at radius 1 is 0.944 bits per heavy atom. The predicted octanol–water partition coefficient (Wildman–Crippen LogP) is 3.67. The number of fused-ring (bicyclic) bond motifs is 3. The molecule has 2 N–H and O–H groups in total. The number of piperazine rings is 1. The number of pyridine rings is 1. The Hall–Kier alpha value is -6.05. The summed E-state index contributed by atoms with van der Waals surface area (Å²) in [6, 6.07) is 18.4. The van der Waals surface area contributed by atoms with Crippen LogP contribution in [0, 0.1) is 0 Å². The molecule has 3 aliphatic heterocycles. The standard InChI is InChI=1S/C40H43N9O5/c1-45-38-26(10-7-14-32(38)49(40(45)54)33-17-18-37(52)42-39(33)53)9-3-2-4-11-28-23-47(44-43-28)22-27-12-8-16-36(41-27)48-25-29-21-30(48)24-46(29)20-19-35(51)31-13-5-6-15-34(31)50/h5-8,10,12-16,19-20,23,29-30,33,50H,2-4,9,11,17-18,21-22,24-25H2,1H3,(H,42,52,53)/b20-19+/t29-,30-,33?/m1/s1. The van der Waals surface area contributed by atoms with E-state index in [-0.39, 0.29) is 29.6 Å². The molecule has 0 saturated carbocycles. The molecule has 2 amide bonds. The van der Waals surface area contributed by atoms with Gasteiger partial charge in [0.1, 0.15) is 17.6 Å². The van der Waals surface area contributed by atoms with Gasteiger partial charge in [0.25, 0.3) is 0 Å². The molecule has 1 unspecified atom stereocenters. The first-order valence-corrected chi connectivity index (χ1v) is 18.6. The second-order valence-corrected chi connectivity index (χ2v) is 14.5. The maximum atomic E-state index is 13.2. The first-order valence-electron chi connectivity index (χ1n) is 18.6. The van der Waals surface area contributed by atoms with Gasteiger partial charge < -0.3 is 14.9 Å². The number of rotatable bonds is 13. The largest absolute Gasteiger partial charge is 0.507 e. The molecule has 0 radical (unpaired) electrons. The van der Waals surface area contributed by atoms with Crippen LogP contribution in [0.2, 0.25) is 0 Å². The molecule has 3 aliphatic rings. The van der Waals surface area contributed by atoms with Gasteiger partial charge in [-0.2, -0.15) is 0 Å². The van der Waals surface area contributed by atoms with E-state index in [9.17, 15) is 24.3 Å². The normalized spacial score (nSPS) is 19.8. The molecule has 8 rings (SSSR count). The number of allylic oxidation sites excluding steroid dienone is 1. The Bertz CT molecular complexity index is 2320. The Morgan fingerprint density at radius 3 is 2.59 bits per heavy atom. The SMILES string of the molecule is Cn1c(=O)n(C2CCC(=O)NC2=O)c2cccc(CCCCCc3cn(Cc4cccc(N5C[C@H]6C[C@@H]5CN6/C=C/C(=O)c5ccccc5O)n4)nn3)c21. The number of imide groups is 1. The third kappa shape index (κ3) is 6.91. The lowest BCUT2D eigenvalue weighted by atomic mass is 10.0. The van der Waals surface area contributed by atoms with Crippen LogP contribution < -0.4 is 15.9 Å². The van der Waals surface area contributed by atoms with Crippen LogP contribution in [0.1, 0.15) is 71.9 Å². The fourth-order valence-corrected chi connectivity index (χ4v) is 8.26. The number of piperidine rings is 1. The van der Waals surface area contributed by atoms with Crippen molar-refractivity contribution in [1.82, 2.24) is 39.3 Å². The summed E-state index contributed by atoms with van der Waals surface area (Å²) in [7, 11) is 1.74. The number of phenols is 1. The quantitative estimate of drug-likeness (QED) is 0.0793. The summed E-state index contributed by atoms with van der Waals surface area (Å²) >= 11 is 0. The molecule has 0 aliphatic carbocycles. The zero-order valence-electron chi connectivity index (χ0n) is 30.2. The second-order valence-electron chi connectivity index (χ2n) is 14.5. The molecule has 278 valence electrons. The van der Waals surface area contributed by atoms with Gasteiger partial charge in [0.15, 0.2) is 5.78 Å². The number of phenolic OH excluding ortho intramolecular Hbond substituents is 1. The summed E-state index contributed by atoms with van der Waals surface area (Å²) in [6.45, 7) is 2.15. The van der Waals surface area contributed by atoms with E-state index >= 15 is 0 Å². The van der Waals surface area contributed by atoms with Crippen LogP contribution in [-0.2, 0) is 36.0 Å². The molecule has 54 heavy (non-hydrogen) atoms. The number of aromatic nitrogens is 6. The summed E-state index contributed by atoms with van der Waals surface area (Å²) < 4.78 is 4.98. The van der Waals surface area contributed by atoms with E-state index in [1.807, 2.05) is 53.5 Å². The number of amides is 2. The number of ketones is 1. The van der Waals surface area contributed by atoms with Crippen LogP contribution in [-0.4, -0.2) is 81.9 Å². The highest BCUT2D eigenvalue weighted by Crippen LogP contribution is 2.34. The van der Waals surface area contributed by atoms with Gasteiger partial charge in [-0.1, -0.05) is 42.0 Å². The third-order valence-corrected chi connectivity index (χ3v) is 11.0. The first-order chi connectivity index (χ1) is 26.2. The monoisotopic (exact) mass is 729 g/mol. The van der Waals surface area contributed by atoms with Crippen LogP contribution in [0.5, 0.6) is 5.75 Å². The smallest absolute Gasteiger partial charge is 0.329 e. The zero-order chi connectivity index (χ0) is 37.3. The number of nitrogens with zero attached hydrogens (tertiary/aromatic N) is 8. The number of nitrogens with one attached hydrogen (secondary N) is 1. The Kier molecular flexibility index (Phi) is 9.57. The molecule has 14 nitrogen and oxygen atoms in total. The van der Waals surface area contributed by atoms with E-state index in [4.69, 9.17) is 4.98 Å². The van der Waals surface area contributed by atoms with Crippen molar-refractivity contribution in [2.45, 2.75) is 76.0 Å². The molecule has 3 aromatic heterocycles. The molecule has 3 atom stereocenters. The van der Waals surface area contributed by atoms with Crippen molar-refractivity contribution < 1.29 is 19.5 Å². The average Bonchev–Trinajstić information content (AvgIpc) is 3.95. The summed E-state index contributed by atoms with van der Waals surface area (Å²) in [4.78, 5) is 59.6. The van der Waals surface area contributed by atoms with Crippen LogP contribution in [0.3, 0.4) is 0 Å². The minimum absolute atomic E-state index is 0.00834. The molecule has 2 bridgehead atoms. The second kappa shape index (κ2) is 14.8. The number of carbonyl (C=O) groups is 3. The van der Waals surface area contributed by atoms with Gasteiger partial charge in [0.05, 0.1) is 34.5 Å². The van der Waals surface area contributed by atoms with Crippen molar-refractivity contribution >= 4 is 34.4 Å². The lowest BCUT2D eigenvalue weighted by molar-refractivity contribution is -0.135. The minimum atomic E-state index is -0.694. The van der Waals surface area contributed by atoms with E-state index in [0.717, 1.165) is 85.4 Å².